The molecule has 14 heteroatoms. The molecule has 0 saturated carbocycles. The minimum absolute atomic E-state index is 0.0523. The number of aryl methyl sites for hydroxylation is 1. The fourth-order valence-electron chi connectivity index (χ4n) is 5.36. The second-order valence-corrected chi connectivity index (χ2v) is 12.7. The number of hydrogen-bond donors (Lipinski definition) is 2. The number of terminal acetylenes is 1. The number of nitrogens with one attached hydrogen (secondary N) is 1. The van der Waals surface area contributed by atoms with Crippen LogP contribution >= 0.6 is 11.3 Å². The monoisotopic (exact) mass is 698 g/mol. The number of benzene rings is 1. The molecular weight excluding hydrogens is 652 g/mol. The van der Waals surface area contributed by atoms with Crippen LogP contribution in [0.15, 0.2) is 40.4 Å². The number of aliphatic hydroxyl groups is 1. The zero-order chi connectivity index (χ0) is 35.0. The van der Waals surface area contributed by atoms with Crippen molar-refractivity contribution in [2.75, 3.05) is 66.0 Å². The zero-order valence-corrected chi connectivity index (χ0v) is 29.1. The van der Waals surface area contributed by atoms with Crippen molar-refractivity contribution < 1.29 is 42.9 Å². The molecule has 0 aliphatic carbocycles. The van der Waals surface area contributed by atoms with Gasteiger partial charge in [0.1, 0.15) is 25.2 Å². The minimum Gasteiger partial charge on any atom is -0.473 e. The van der Waals surface area contributed by atoms with E-state index < -0.39 is 18.1 Å². The highest BCUT2D eigenvalue weighted by molar-refractivity contribution is 7.13. The van der Waals surface area contributed by atoms with Crippen molar-refractivity contribution in [2.24, 2.45) is 5.92 Å². The molecular formula is C35H46N4O9S. The lowest BCUT2D eigenvalue weighted by Crippen LogP contribution is -2.48. The van der Waals surface area contributed by atoms with Gasteiger partial charge in [0, 0.05) is 25.6 Å². The first kappa shape index (κ1) is 38.0. The van der Waals surface area contributed by atoms with Crippen molar-refractivity contribution in [1.29, 1.82) is 0 Å². The molecule has 1 aliphatic rings. The third-order valence-electron chi connectivity index (χ3n) is 7.82. The molecule has 0 spiro atoms. The van der Waals surface area contributed by atoms with Crippen molar-refractivity contribution in [3.8, 4) is 28.7 Å². The van der Waals surface area contributed by atoms with E-state index in [1.165, 1.54) is 4.90 Å². The van der Waals surface area contributed by atoms with Crippen LogP contribution in [0.4, 0.5) is 0 Å². The lowest BCUT2D eigenvalue weighted by atomic mass is 9.91. The maximum Gasteiger partial charge on any atom is 0.254 e. The van der Waals surface area contributed by atoms with E-state index in [2.05, 4.69) is 21.4 Å². The molecule has 0 radical (unpaired) electrons. The molecule has 1 aromatic carbocycles. The van der Waals surface area contributed by atoms with Gasteiger partial charge in [0.25, 0.3) is 5.88 Å². The SMILES string of the molecule is C#CCOCCOCCOCCOCCOc1cc(C(C(=O)N2C[C@H](O)C[C@H]2C(=O)NCc2ccc(-c3scnc3C)cc2)C(C)C)on1. The van der Waals surface area contributed by atoms with Crippen LogP contribution in [0, 0.1) is 25.2 Å². The van der Waals surface area contributed by atoms with Gasteiger partial charge in [-0.2, -0.15) is 0 Å². The number of thiazole rings is 1. The van der Waals surface area contributed by atoms with Gasteiger partial charge in [-0.25, -0.2) is 4.98 Å². The average molecular weight is 699 g/mol. The Morgan fingerprint density at radius 2 is 1.71 bits per heavy atom. The Balaban J connectivity index is 1.20. The van der Waals surface area contributed by atoms with Crippen molar-refractivity contribution >= 4 is 23.2 Å². The Morgan fingerprint density at radius 3 is 2.33 bits per heavy atom. The zero-order valence-electron chi connectivity index (χ0n) is 28.3. The number of ether oxygens (including phenoxy) is 5. The number of β-amino-alcohol motifs (C(OH)–C–C–N with tert-alkyl or cyclic N) is 1. The number of nitrogens with zero attached hydrogens (tertiary/aromatic N) is 3. The van der Waals surface area contributed by atoms with Crippen LogP contribution in [0.5, 0.6) is 5.88 Å². The molecule has 2 amide bonds. The molecule has 1 saturated heterocycles. The van der Waals surface area contributed by atoms with Crippen molar-refractivity contribution in [3.63, 3.8) is 0 Å². The number of carbonyl (C=O) groups is 2. The van der Waals surface area contributed by atoms with E-state index in [0.29, 0.717) is 58.6 Å². The van der Waals surface area contributed by atoms with E-state index >= 15 is 0 Å². The molecule has 1 unspecified atom stereocenters. The Bertz CT molecular complexity index is 1490. The topological polar surface area (TPSA) is 155 Å². The second-order valence-electron chi connectivity index (χ2n) is 11.8. The van der Waals surface area contributed by atoms with Crippen molar-refractivity contribution in [3.05, 3.63) is 52.9 Å². The molecule has 1 aliphatic heterocycles. The minimum atomic E-state index is -0.813. The summed E-state index contributed by atoms with van der Waals surface area (Å²) in [6.07, 6.45) is 4.44. The predicted octanol–water partition coefficient (Wildman–Crippen LogP) is 3.20. The van der Waals surface area contributed by atoms with Crippen LogP contribution in [0.3, 0.4) is 0 Å². The highest BCUT2D eigenvalue weighted by Gasteiger charge is 2.43. The first-order chi connectivity index (χ1) is 23.8. The van der Waals surface area contributed by atoms with Gasteiger partial charge in [-0.3, -0.25) is 9.59 Å². The number of aliphatic hydroxyl groups excluding tert-OH is 1. The number of amides is 2. The first-order valence-corrected chi connectivity index (χ1v) is 17.3. The van der Waals surface area contributed by atoms with E-state index in [-0.39, 0.29) is 49.8 Å². The van der Waals surface area contributed by atoms with Crippen molar-refractivity contribution in [1.82, 2.24) is 20.4 Å². The van der Waals surface area contributed by atoms with Crippen molar-refractivity contribution in [2.45, 2.75) is 51.8 Å². The highest BCUT2D eigenvalue weighted by Crippen LogP contribution is 2.32. The van der Waals surface area contributed by atoms with Gasteiger partial charge < -0.3 is 43.5 Å². The third-order valence-corrected chi connectivity index (χ3v) is 8.80. The number of hydrogen-bond acceptors (Lipinski definition) is 12. The molecule has 49 heavy (non-hydrogen) atoms. The summed E-state index contributed by atoms with van der Waals surface area (Å²) in [5.41, 5.74) is 4.79. The summed E-state index contributed by atoms with van der Waals surface area (Å²) >= 11 is 1.58. The maximum atomic E-state index is 13.9. The Kier molecular flexibility index (Phi) is 15.5. The summed E-state index contributed by atoms with van der Waals surface area (Å²) in [5, 5.41) is 17.4. The van der Waals surface area contributed by atoms with Gasteiger partial charge >= 0.3 is 0 Å². The smallest absolute Gasteiger partial charge is 0.254 e. The average Bonchev–Trinajstić information content (AvgIpc) is 3.84. The fourth-order valence-corrected chi connectivity index (χ4v) is 6.17. The number of aromatic nitrogens is 2. The molecule has 4 rings (SSSR count). The van der Waals surface area contributed by atoms with Gasteiger partial charge in [-0.1, -0.05) is 44.0 Å². The fraction of sp³-hybridized carbons (Fsp3) is 0.543. The molecule has 0 bridgehead atoms. The summed E-state index contributed by atoms with van der Waals surface area (Å²) in [7, 11) is 0. The quantitative estimate of drug-likeness (QED) is 0.125. The molecule has 3 heterocycles. The Morgan fingerprint density at radius 1 is 1.06 bits per heavy atom. The van der Waals surface area contributed by atoms with Crippen LogP contribution < -0.4 is 10.1 Å². The van der Waals surface area contributed by atoms with Crippen LogP contribution in [-0.4, -0.2) is 110 Å². The van der Waals surface area contributed by atoms with Gasteiger partial charge in [0.2, 0.25) is 11.8 Å². The summed E-state index contributed by atoms with van der Waals surface area (Å²) in [4.78, 5) is 34.0. The van der Waals surface area contributed by atoms with Gasteiger partial charge in [-0.05, 0) is 29.1 Å². The van der Waals surface area contributed by atoms with Gasteiger partial charge in [0.05, 0.1) is 68.4 Å². The van der Waals surface area contributed by atoms with Crippen LogP contribution in [0.25, 0.3) is 10.4 Å². The number of rotatable bonds is 21. The lowest BCUT2D eigenvalue weighted by molar-refractivity contribution is -0.141. The molecule has 1 fully saturated rings. The largest absolute Gasteiger partial charge is 0.473 e. The van der Waals surface area contributed by atoms with Crippen LogP contribution in [0.2, 0.25) is 0 Å². The number of carbonyl (C=O) groups excluding carboxylic acids is 2. The first-order valence-electron chi connectivity index (χ1n) is 16.4. The number of likely N-dealkylation sites (tertiary alicyclic amines) is 1. The molecule has 13 nitrogen and oxygen atoms in total. The summed E-state index contributed by atoms with van der Waals surface area (Å²) in [5.74, 6) is 1.41. The maximum absolute atomic E-state index is 13.9. The van der Waals surface area contributed by atoms with E-state index in [0.717, 1.165) is 21.7 Å². The second kappa shape index (κ2) is 20.0. The predicted molar refractivity (Wildman–Crippen MR) is 182 cm³/mol. The molecule has 2 N–H and O–H groups in total. The molecule has 3 aromatic rings. The van der Waals surface area contributed by atoms with E-state index in [1.807, 2.05) is 50.5 Å². The van der Waals surface area contributed by atoms with Crippen LogP contribution in [0.1, 0.15) is 43.2 Å². The summed E-state index contributed by atoms with van der Waals surface area (Å²) in [6.45, 7) is 9.50. The Labute approximate surface area is 291 Å². The third kappa shape index (κ3) is 11.6. The molecule has 2 aromatic heterocycles. The Hall–Kier alpha value is -3.84. The van der Waals surface area contributed by atoms with E-state index in [4.69, 9.17) is 34.6 Å². The van der Waals surface area contributed by atoms with Gasteiger partial charge in [-0.15, -0.1) is 17.8 Å². The standard InChI is InChI=1S/C35H46N4O9S/c1-5-10-43-11-12-44-13-14-45-15-16-46-17-18-47-31-20-30(48-38-31)32(24(2)3)35(42)39-22-28(40)19-29(39)34(41)36-21-26-6-8-27(9-7-26)33-25(4)37-23-49-33/h1,6-9,20,23-24,28-29,32,40H,10-19,21-22H2,2-4H3,(H,36,41)/t28-,29+,32?/m1/s1. The highest BCUT2D eigenvalue weighted by atomic mass is 32.1. The van der Waals surface area contributed by atoms with E-state index in [1.54, 1.807) is 17.4 Å². The summed E-state index contributed by atoms with van der Waals surface area (Å²) < 4.78 is 32.7. The van der Waals surface area contributed by atoms with Crippen LogP contribution in [-0.2, 0) is 35.1 Å². The lowest BCUT2D eigenvalue weighted by Gasteiger charge is -2.28. The molecule has 3 atom stereocenters. The molecule has 266 valence electrons. The van der Waals surface area contributed by atoms with Gasteiger partial charge in [0.15, 0.2) is 5.76 Å². The van der Waals surface area contributed by atoms with E-state index in [9.17, 15) is 14.7 Å². The summed E-state index contributed by atoms with van der Waals surface area (Å²) in [6, 6.07) is 8.70. The normalized spacial score (nSPS) is 16.5.